The summed E-state index contributed by atoms with van der Waals surface area (Å²) in [5.74, 6) is -0.351. The van der Waals surface area contributed by atoms with Crippen LogP contribution in [-0.2, 0) is 4.79 Å². The monoisotopic (exact) mass is 454 g/mol. The number of carbonyl (C=O) groups excluding carboxylic acids is 1. The van der Waals surface area contributed by atoms with Crippen molar-refractivity contribution in [2.24, 2.45) is 5.41 Å². The molecule has 0 saturated heterocycles. The number of carbonyl (C=O) groups is 2. The van der Waals surface area contributed by atoms with Crippen LogP contribution >= 0.6 is 0 Å². The Balaban J connectivity index is 1.46. The van der Waals surface area contributed by atoms with Gasteiger partial charge in [0.2, 0.25) is 0 Å². The summed E-state index contributed by atoms with van der Waals surface area (Å²) in [6.07, 6.45) is 6.28. The molecule has 0 atom stereocenters. The number of benzene rings is 2. The summed E-state index contributed by atoms with van der Waals surface area (Å²) in [6, 6.07) is 16.3. The topological polar surface area (TPSA) is 79.3 Å². The van der Waals surface area contributed by atoms with E-state index in [9.17, 15) is 14.7 Å². The zero-order valence-electron chi connectivity index (χ0n) is 19.6. The number of aliphatic carboxylic acids is 1. The fourth-order valence-corrected chi connectivity index (χ4v) is 6.22. The Bertz CT molecular complexity index is 1290. The van der Waals surface area contributed by atoms with Crippen LogP contribution in [0.25, 0.3) is 22.2 Å². The number of rotatable bonds is 5. The van der Waals surface area contributed by atoms with Gasteiger partial charge in [-0.25, -0.2) is 4.98 Å². The highest BCUT2D eigenvalue weighted by molar-refractivity contribution is 6.09. The van der Waals surface area contributed by atoms with Gasteiger partial charge in [0.05, 0.1) is 22.2 Å². The molecule has 2 aromatic carbocycles. The van der Waals surface area contributed by atoms with Crippen LogP contribution in [0.2, 0.25) is 0 Å². The smallest absolute Gasteiger partial charge is 0.309 e. The van der Waals surface area contributed by atoms with Gasteiger partial charge in [-0.1, -0.05) is 42.0 Å². The minimum atomic E-state index is -0.675. The van der Waals surface area contributed by atoms with Crippen molar-refractivity contribution in [2.45, 2.75) is 69.7 Å². The quantitative estimate of drug-likeness (QED) is 0.496. The fraction of sp³-hybridized carbons (Fsp3) is 0.414. The molecule has 0 aliphatic heterocycles. The van der Waals surface area contributed by atoms with E-state index in [1.54, 1.807) is 0 Å². The lowest BCUT2D eigenvalue weighted by Gasteiger charge is -2.51. The first-order chi connectivity index (χ1) is 16.4. The van der Waals surface area contributed by atoms with Gasteiger partial charge in [-0.15, -0.1) is 0 Å². The molecule has 34 heavy (non-hydrogen) atoms. The van der Waals surface area contributed by atoms with Crippen molar-refractivity contribution in [3.05, 3.63) is 65.2 Å². The molecule has 5 heteroatoms. The molecule has 5 nitrogen and oxygen atoms in total. The maximum atomic E-state index is 14.1. The molecule has 4 aliphatic rings. The van der Waals surface area contributed by atoms with Gasteiger partial charge in [0.25, 0.3) is 5.91 Å². The van der Waals surface area contributed by atoms with Crippen LogP contribution in [0.15, 0.2) is 48.5 Å². The zero-order valence-corrected chi connectivity index (χ0v) is 19.6. The summed E-state index contributed by atoms with van der Waals surface area (Å²) in [7, 11) is 0. The minimum absolute atomic E-state index is 0.0261. The fourth-order valence-electron chi connectivity index (χ4n) is 6.22. The Morgan fingerprint density at radius 1 is 0.971 bits per heavy atom. The Labute approximate surface area is 199 Å². The van der Waals surface area contributed by atoms with E-state index >= 15 is 0 Å². The Morgan fingerprint density at radius 3 is 2.26 bits per heavy atom. The first-order valence-corrected chi connectivity index (χ1v) is 12.5. The van der Waals surface area contributed by atoms with E-state index in [2.05, 4.69) is 36.5 Å². The lowest BCUT2D eigenvalue weighted by molar-refractivity contribution is -0.156. The third-order valence-corrected chi connectivity index (χ3v) is 8.52. The van der Waals surface area contributed by atoms with Crippen molar-refractivity contribution in [1.29, 1.82) is 0 Å². The molecule has 0 spiro atoms. The van der Waals surface area contributed by atoms with Crippen molar-refractivity contribution in [3.8, 4) is 11.3 Å². The van der Waals surface area contributed by atoms with Crippen LogP contribution in [0.4, 0.5) is 0 Å². The van der Waals surface area contributed by atoms with Gasteiger partial charge in [-0.05, 0) is 81.9 Å². The number of pyridine rings is 1. The van der Waals surface area contributed by atoms with Gasteiger partial charge in [0.1, 0.15) is 0 Å². The number of nitrogens with zero attached hydrogens (tertiary/aromatic N) is 1. The SMILES string of the molecule is Cc1ccc2nc(-c3ccccc3)c(C3CC3)c(C(=O)NC34CCC(C(=O)O)(CC3)CC4)c2c1. The highest BCUT2D eigenvalue weighted by Crippen LogP contribution is 2.53. The highest BCUT2D eigenvalue weighted by atomic mass is 16.4. The third-order valence-electron chi connectivity index (χ3n) is 8.52. The molecule has 4 saturated carbocycles. The number of hydrogen-bond acceptors (Lipinski definition) is 3. The van der Waals surface area contributed by atoms with Gasteiger partial charge < -0.3 is 10.4 Å². The Hall–Kier alpha value is -3.21. The average molecular weight is 455 g/mol. The number of nitrogens with one attached hydrogen (secondary N) is 1. The molecule has 1 heterocycles. The van der Waals surface area contributed by atoms with Gasteiger partial charge in [-0.3, -0.25) is 9.59 Å². The first kappa shape index (κ1) is 21.3. The van der Waals surface area contributed by atoms with E-state index in [0.717, 1.165) is 71.0 Å². The van der Waals surface area contributed by atoms with E-state index in [4.69, 9.17) is 4.98 Å². The number of amides is 1. The molecular weight excluding hydrogens is 424 g/mol. The molecule has 7 rings (SSSR count). The number of carboxylic acids is 1. The molecule has 0 unspecified atom stereocenters. The van der Waals surface area contributed by atoms with Crippen LogP contribution in [0, 0.1) is 12.3 Å². The predicted molar refractivity (Wildman–Crippen MR) is 132 cm³/mol. The molecular formula is C29H30N2O3. The maximum Gasteiger partial charge on any atom is 0.309 e. The number of hydrogen-bond donors (Lipinski definition) is 2. The Morgan fingerprint density at radius 2 is 1.65 bits per heavy atom. The van der Waals surface area contributed by atoms with Crippen LogP contribution in [0.3, 0.4) is 0 Å². The number of fused-ring (bicyclic) bond motifs is 4. The summed E-state index contributed by atoms with van der Waals surface area (Å²) in [5, 5.41) is 14.1. The molecule has 3 aromatic rings. The summed E-state index contributed by atoms with van der Waals surface area (Å²) in [6.45, 7) is 2.05. The van der Waals surface area contributed by atoms with Gasteiger partial charge in [0, 0.05) is 16.5 Å². The van der Waals surface area contributed by atoms with Crippen molar-refractivity contribution in [2.75, 3.05) is 0 Å². The van der Waals surface area contributed by atoms with Crippen LogP contribution in [0.5, 0.6) is 0 Å². The third kappa shape index (κ3) is 3.41. The van der Waals surface area contributed by atoms with Crippen molar-refractivity contribution in [3.63, 3.8) is 0 Å². The summed E-state index contributed by atoms with van der Waals surface area (Å²) in [5.41, 5.74) is 4.86. The second kappa shape index (κ2) is 7.66. The summed E-state index contributed by atoms with van der Waals surface area (Å²) in [4.78, 5) is 31.0. The molecule has 4 aliphatic carbocycles. The number of aryl methyl sites for hydroxylation is 1. The van der Waals surface area contributed by atoms with E-state index in [-0.39, 0.29) is 11.4 Å². The predicted octanol–water partition coefficient (Wildman–Crippen LogP) is 6.00. The van der Waals surface area contributed by atoms with Crippen LogP contribution < -0.4 is 5.32 Å². The Kier molecular flexibility index (Phi) is 4.80. The highest BCUT2D eigenvalue weighted by Gasteiger charge is 2.53. The number of aromatic nitrogens is 1. The minimum Gasteiger partial charge on any atom is -0.481 e. The van der Waals surface area contributed by atoms with E-state index in [1.165, 1.54) is 0 Å². The van der Waals surface area contributed by atoms with Gasteiger partial charge in [0.15, 0.2) is 0 Å². The maximum absolute atomic E-state index is 14.1. The van der Waals surface area contributed by atoms with E-state index in [1.807, 2.05) is 24.3 Å². The largest absolute Gasteiger partial charge is 0.481 e. The zero-order chi connectivity index (χ0) is 23.5. The second-order valence-electron chi connectivity index (χ2n) is 10.7. The second-order valence-corrected chi connectivity index (χ2v) is 10.7. The summed E-state index contributed by atoms with van der Waals surface area (Å²) < 4.78 is 0. The van der Waals surface area contributed by atoms with Gasteiger partial charge >= 0.3 is 5.97 Å². The van der Waals surface area contributed by atoms with Gasteiger partial charge in [-0.2, -0.15) is 0 Å². The number of carboxylic acid groups (broad SMARTS) is 1. The molecule has 0 radical (unpaired) electrons. The van der Waals surface area contributed by atoms with Crippen molar-refractivity contribution < 1.29 is 14.7 Å². The lowest BCUT2D eigenvalue weighted by atomic mass is 9.57. The average Bonchev–Trinajstić information content (AvgIpc) is 3.69. The molecule has 4 fully saturated rings. The molecule has 2 bridgehead atoms. The standard InChI is InChI=1S/C29H30N2O3/c1-18-7-10-22-21(17-18)24(23(19-8-9-19)25(30-22)20-5-3-2-4-6-20)26(32)31-29-14-11-28(12-15-29,13-16-29)27(33)34/h2-7,10,17,19H,8-9,11-16H2,1H3,(H,31,32)(H,33,34). The molecule has 1 aromatic heterocycles. The molecule has 1 amide bonds. The van der Waals surface area contributed by atoms with E-state index < -0.39 is 11.4 Å². The lowest BCUT2D eigenvalue weighted by Crippen LogP contribution is -2.58. The molecule has 2 N–H and O–H groups in total. The summed E-state index contributed by atoms with van der Waals surface area (Å²) >= 11 is 0. The van der Waals surface area contributed by atoms with Crippen molar-refractivity contribution >= 4 is 22.8 Å². The van der Waals surface area contributed by atoms with Crippen LogP contribution in [-0.4, -0.2) is 27.5 Å². The first-order valence-electron chi connectivity index (χ1n) is 12.5. The van der Waals surface area contributed by atoms with E-state index in [0.29, 0.717) is 25.2 Å². The normalized spacial score (nSPS) is 25.9. The van der Waals surface area contributed by atoms with Crippen LogP contribution in [0.1, 0.15) is 78.8 Å². The van der Waals surface area contributed by atoms with Crippen molar-refractivity contribution in [1.82, 2.24) is 10.3 Å². The molecule has 174 valence electrons.